The molecule has 2 radical (unpaired) electrons. The molecule has 6 heterocycles. The smallest absolute Gasteiger partial charge is 0.408 e. The first-order valence-corrected chi connectivity index (χ1v) is 32.2. The molecule has 2 aromatic carbocycles. The van der Waals surface area contributed by atoms with Gasteiger partial charge in [0.25, 0.3) is 11.8 Å². The fraction of sp³-hybridized carbons (Fsp3) is 0.662. The van der Waals surface area contributed by atoms with Crippen molar-refractivity contribution in [1.82, 2.24) is 40.4 Å². The molecular weight excluding hydrogens is 1300 g/mol. The predicted octanol–water partition coefficient (Wildman–Crippen LogP) is 12.0. The number of carbonyl (C=O) groups excluding carboxylic acids is 6. The van der Waals surface area contributed by atoms with Gasteiger partial charge in [-0.25, -0.2) is 42.1 Å². The van der Waals surface area contributed by atoms with E-state index >= 15 is 17.6 Å². The van der Waals surface area contributed by atoms with Gasteiger partial charge in [0.1, 0.15) is 36.5 Å². The van der Waals surface area contributed by atoms with Crippen molar-refractivity contribution in [3.63, 3.8) is 0 Å². The Morgan fingerprint density at radius 2 is 0.989 bits per heavy atom. The number of nitrogens with one attached hydrogen (secondary N) is 2. The molecule has 0 spiro atoms. The number of fused-ring (bicyclic) bond motifs is 14. The molecule has 2 saturated heterocycles. The minimum absolute atomic E-state index is 0. The third-order valence-corrected chi connectivity index (χ3v) is 20.5. The first-order valence-electron chi connectivity index (χ1n) is 31.4. The quantitative estimate of drug-likeness (QED) is 0.144. The largest absolute Gasteiger partial charge is 0.540 e. The van der Waals surface area contributed by atoms with Gasteiger partial charge in [0.2, 0.25) is 23.6 Å². The summed E-state index contributed by atoms with van der Waals surface area (Å²) in [6, 6.07) is 5.17. The van der Waals surface area contributed by atoms with E-state index in [1.807, 2.05) is 61.0 Å². The Balaban J connectivity index is 0.000000211. The molecule has 6 fully saturated rings. The van der Waals surface area contributed by atoms with Crippen LogP contribution in [0.4, 0.5) is 27.2 Å². The molecule has 4 aromatic rings. The van der Waals surface area contributed by atoms with Crippen LogP contribution >= 0.6 is 23.2 Å². The molecule has 12 rings (SSSR count). The summed E-state index contributed by atoms with van der Waals surface area (Å²) in [5.74, 6) is -7.65. The summed E-state index contributed by atoms with van der Waals surface area (Å²) < 4.78 is 88.2. The maximum Gasteiger partial charge on any atom is 0.408 e. The number of rotatable bonds is 3. The maximum atomic E-state index is 16.0. The first kappa shape index (κ1) is 70.3. The number of amides is 4. The molecule has 4 unspecified atom stereocenters. The van der Waals surface area contributed by atoms with Crippen LogP contribution in [0.2, 0.25) is 10.0 Å². The molecule has 26 heteroatoms. The second-order valence-electron chi connectivity index (χ2n) is 28.2. The maximum absolute atomic E-state index is 16.0. The number of halogens is 6. The molecule has 4 amide bonds. The normalized spacial score (nSPS) is 33.0. The van der Waals surface area contributed by atoms with Crippen LogP contribution in [-0.4, -0.2) is 128 Å². The number of alkyl halides is 4. The molecule has 492 valence electrons. The van der Waals surface area contributed by atoms with Crippen LogP contribution in [0.25, 0.3) is 22.1 Å². The number of hydrogen-bond donors (Lipinski definition) is 2. The van der Waals surface area contributed by atoms with Gasteiger partial charge < -0.3 is 49.0 Å². The summed E-state index contributed by atoms with van der Waals surface area (Å²) in [5, 5.41) is 6.33. The second kappa shape index (κ2) is 27.4. The van der Waals surface area contributed by atoms with Crippen molar-refractivity contribution in [2.24, 2.45) is 58.2 Å². The number of benzene rings is 2. The zero-order valence-electron chi connectivity index (χ0n) is 52.2. The molecule has 2 N–H and O–H groups in total. The number of carbonyl (C=O) groups is 4. The van der Waals surface area contributed by atoms with Gasteiger partial charge in [-0.3, -0.25) is 9.59 Å². The zero-order valence-corrected chi connectivity index (χ0v) is 56.5. The topological polar surface area (TPSA) is 221 Å². The molecule has 4 aliphatic heterocycles. The van der Waals surface area contributed by atoms with E-state index in [4.69, 9.17) is 42.1 Å². The van der Waals surface area contributed by atoms with Crippen molar-refractivity contribution in [3.8, 4) is 11.8 Å². The van der Waals surface area contributed by atoms with E-state index < -0.39 is 119 Å². The zero-order chi connectivity index (χ0) is 63.8. The summed E-state index contributed by atoms with van der Waals surface area (Å²) in [4.78, 5) is 99.3. The first-order chi connectivity index (χ1) is 42.1. The fourth-order valence-electron chi connectivity index (χ4n) is 14.9. The van der Waals surface area contributed by atoms with E-state index in [1.165, 1.54) is 28.0 Å². The minimum atomic E-state index is -3.36. The summed E-state index contributed by atoms with van der Waals surface area (Å²) in [5.41, 5.74) is -1.54. The molecule has 2 aromatic heterocycles. The van der Waals surface area contributed by atoms with Crippen molar-refractivity contribution in [1.29, 1.82) is 0 Å². The van der Waals surface area contributed by atoms with Gasteiger partial charge in [0, 0.05) is 60.0 Å². The number of alkyl carbamates (subject to hydrolysis) is 2. The molecule has 4 aliphatic carbocycles. The van der Waals surface area contributed by atoms with E-state index in [0.29, 0.717) is 71.3 Å². The molecular formula is C65H78Cl2F4N8O10V2-2. The fourth-order valence-corrected chi connectivity index (χ4v) is 15.3. The van der Waals surface area contributed by atoms with Gasteiger partial charge in [0.15, 0.2) is 11.4 Å². The van der Waals surface area contributed by atoms with Crippen molar-refractivity contribution >= 4 is 81.8 Å². The molecule has 91 heavy (non-hydrogen) atoms. The predicted molar refractivity (Wildman–Crippen MR) is 321 cm³/mol. The van der Waals surface area contributed by atoms with Crippen molar-refractivity contribution in [2.75, 3.05) is 13.1 Å². The Morgan fingerprint density at radius 3 is 1.41 bits per heavy atom. The van der Waals surface area contributed by atoms with Crippen LogP contribution in [0.1, 0.15) is 150 Å². The van der Waals surface area contributed by atoms with Crippen LogP contribution in [0, 0.1) is 58.2 Å². The van der Waals surface area contributed by atoms with Gasteiger partial charge in [-0.1, -0.05) is 110 Å². The number of aromatic nitrogens is 4. The molecule has 4 saturated carbocycles. The Labute approximate surface area is 561 Å². The van der Waals surface area contributed by atoms with Gasteiger partial charge in [0.05, 0.1) is 35.2 Å². The Bertz CT molecular complexity index is 3400. The van der Waals surface area contributed by atoms with Gasteiger partial charge in [-0.05, 0) is 146 Å². The Kier molecular flexibility index (Phi) is 21.2. The average molecular weight is 1380 g/mol. The van der Waals surface area contributed by atoms with Crippen LogP contribution in [0.3, 0.4) is 0 Å². The van der Waals surface area contributed by atoms with Crippen LogP contribution in [0.15, 0.2) is 36.4 Å². The van der Waals surface area contributed by atoms with Crippen molar-refractivity contribution in [3.05, 3.63) is 57.8 Å². The van der Waals surface area contributed by atoms with Crippen molar-refractivity contribution < 1.29 is 102 Å². The Hall–Kier alpha value is -4.99. The van der Waals surface area contributed by atoms with E-state index in [0.717, 1.165) is 25.7 Å². The van der Waals surface area contributed by atoms with Gasteiger partial charge >= 0.3 is 12.2 Å². The van der Waals surface area contributed by atoms with E-state index in [9.17, 15) is 28.8 Å². The van der Waals surface area contributed by atoms with Gasteiger partial charge in [-0.15, -0.1) is 0 Å². The molecule has 18 nitrogen and oxygen atoms in total. The number of nitrogens with zero attached hydrogens (tertiary/aromatic N) is 6. The monoisotopic (exact) mass is 1380 g/mol. The summed E-state index contributed by atoms with van der Waals surface area (Å²) in [6.07, 6.45) is 6.05. The molecule has 4 bridgehead atoms. The van der Waals surface area contributed by atoms with Crippen LogP contribution in [-0.2, 0) is 77.6 Å². The standard InChI is InChI=1S/C33H40ClF2N4O5.C32H38ClF2N4O5.2V/c1-5-19-24(16-41)40-15-26(19)44-29-27(37-22-10-9-18(34)14-23(22)38-29)33(35,36)11-7-6-8-20-21-12-17(21)13-25(20)45-31(43)39-28(30(40)42)32(2,3)4;1-16-23(15-40)39-14-25(16)43-28-26(36-21-9-8-18(33)13-22(21)37-28)32(34,35)10-6-5-7-19-20-11-17(20)12-24(19)44-30(42)38-27(29(39)41)31(2,3)4;;/h9-10,14,17,19-21,24-26,28H,5-8,11-13,15H2,1-4H3,(H,39,43);8-9,13,16-17,19-20,23-25,27H,5-7,10-12,14H2,1-4H3,(H,38,42);;/q2*-1;;/t17?,19-,20+,21?,24+,25+,26-,28+;16-,17?,19+,20?,23+,24+,25-,27+;;/m00../s1. The van der Waals surface area contributed by atoms with E-state index in [2.05, 4.69) is 30.6 Å². The molecule has 16 atom stereocenters. The number of hydrogen-bond acceptors (Lipinski definition) is 14. The van der Waals surface area contributed by atoms with Crippen LogP contribution < -0.4 is 20.1 Å². The summed E-state index contributed by atoms with van der Waals surface area (Å²) >= 11 is 12.3. The summed E-state index contributed by atoms with van der Waals surface area (Å²) in [7, 11) is 0. The van der Waals surface area contributed by atoms with Crippen LogP contribution in [0.5, 0.6) is 11.8 Å². The summed E-state index contributed by atoms with van der Waals surface area (Å²) in [6.45, 7) is 14.2. The third-order valence-electron chi connectivity index (χ3n) is 20.0. The Morgan fingerprint density at radius 1 is 0.571 bits per heavy atom. The average Bonchev–Trinajstić information content (AvgIpc) is 1.71. The minimum Gasteiger partial charge on any atom is -0.540 e. The third kappa shape index (κ3) is 14.8. The van der Waals surface area contributed by atoms with Crippen molar-refractivity contribution in [2.45, 2.75) is 199 Å². The number of ether oxygens (including phenoxy) is 4. The van der Waals surface area contributed by atoms with E-state index in [-0.39, 0.29) is 115 Å². The van der Waals surface area contributed by atoms with Gasteiger partial charge in [-0.2, -0.15) is 17.6 Å². The second-order valence-corrected chi connectivity index (χ2v) is 29.0. The van der Waals surface area contributed by atoms with E-state index in [1.54, 1.807) is 25.1 Å². The SMILES string of the molecule is CC[C@@H]1[C@@H]2CN(C(=O)[C@H](C(C)(C)C)NC(=O)O[C@@H]3CC4CC4[C@H]3CCCCC(F)(F)c3nc4ccc(Cl)cc4nc3O2)[C@@H]1[C-]=O.C[C@@H]1[C@@H]2CN(C(=O)[C@H](C(C)(C)C)NC(=O)O[C@@H]3CC4CC4[C@H]3CCCCC(F)(F)c3nc4ccc(Cl)cc4nc3O2)[C@@H]1[C-]=O.[V].[V]. The molecule has 8 aliphatic rings.